The highest BCUT2D eigenvalue weighted by molar-refractivity contribution is 5.52. The zero-order valence-electron chi connectivity index (χ0n) is 12.1. The fourth-order valence-electron chi connectivity index (χ4n) is 2.70. The molecule has 0 aliphatic heterocycles. The summed E-state index contributed by atoms with van der Waals surface area (Å²) in [4.78, 5) is 0. The van der Waals surface area contributed by atoms with Crippen LogP contribution in [0.25, 0.3) is 0 Å². The van der Waals surface area contributed by atoms with E-state index >= 15 is 0 Å². The summed E-state index contributed by atoms with van der Waals surface area (Å²) in [5.74, 6) is 0.527. The van der Waals surface area contributed by atoms with Crippen molar-refractivity contribution in [3.8, 4) is 17.2 Å². The van der Waals surface area contributed by atoms with Crippen molar-refractivity contribution in [1.82, 2.24) is 0 Å². The number of benzene rings is 1. The molecule has 0 saturated heterocycles. The van der Waals surface area contributed by atoms with Crippen molar-refractivity contribution in [1.29, 1.82) is 0 Å². The highest BCUT2D eigenvalue weighted by atomic mass is 16.5. The minimum atomic E-state index is -0.210. The number of hydrogen-bond acceptors (Lipinski definition) is 3. The van der Waals surface area contributed by atoms with Gasteiger partial charge >= 0.3 is 0 Å². The highest BCUT2D eigenvalue weighted by Gasteiger charge is 2.32. The first-order chi connectivity index (χ1) is 8.95. The Labute approximate surface area is 115 Å². The molecule has 0 heterocycles. The molecule has 3 heteroatoms. The highest BCUT2D eigenvalue weighted by Crippen LogP contribution is 2.43. The molecule has 1 saturated carbocycles. The molecule has 2 N–H and O–H groups in total. The molecule has 1 aromatic carbocycles. The van der Waals surface area contributed by atoms with Crippen molar-refractivity contribution in [3.05, 3.63) is 17.7 Å². The minimum Gasteiger partial charge on any atom is -0.504 e. The normalized spacial score (nSPS) is 19.3. The second-order valence-corrected chi connectivity index (χ2v) is 5.96. The van der Waals surface area contributed by atoms with E-state index in [1.807, 2.05) is 6.07 Å². The second-order valence-electron chi connectivity index (χ2n) is 5.96. The van der Waals surface area contributed by atoms with E-state index in [1.54, 1.807) is 6.07 Å². The maximum absolute atomic E-state index is 9.98. The Morgan fingerprint density at radius 2 is 1.89 bits per heavy atom. The van der Waals surface area contributed by atoms with Crippen LogP contribution in [0.3, 0.4) is 0 Å². The molecule has 1 aromatic rings. The van der Waals surface area contributed by atoms with Gasteiger partial charge in [-0.2, -0.15) is 0 Å². The Bertz CT molecular complexity index is 448. The fourth-order valence-corrected chi connectivity index (χ4v) is 2.70. The van der Waals surface area contributed by atoms with Crippen molar-refractivity contribution in [2.45, 2.75) is 64.4 Å². The molecule has 1 unspecified atom stereocenters. The summed E-state index contributed by atoms with van der Waals surface area (Å²) in [7, 11) is 0. The lowest BCUT2D eigenvalue weighted by Gasteiger charge is -2.27. The summed E-state index contributed by atoms with van der Waals surface area (Å²) < 4.78 is 6.00. The van der Waals surface area contributed by atoms with E-state index in [-0.39, 0.29) is 17.1 Å². The van der Waals surface area contributed by atoms with Crippen molar-refractivity contribution in [2.75, 3.05) is 0 Å². The van der Waals surface area contributed by atoms with Gasteiger partial charge in [-0.05, 0) is 62.6 Å². The number of rotatable bonds is 4. The lowest BCUT2D eigenvalue weighted by molar-refractivity contribution is 0.0921. The maximum Gasteiger partial charge on any atom is 0.200 e. The zero-order chi connectivity index (χ0) is 14.0. The van der Waals surface area contributed by atoms with Gasteiger partial charge in [-0.1, -0.05) is 13.8 Å². The molecule has 0 radical (unpaired) electrons. The number of phenolic OH excluding ortho intramolecular Hbond substituents is 2. The molecule has 2 rings (SSSR count). The number of aromatic hydroxyl groups is 2. The first kappa shape index (κ1) is 14.0. The van der Waals surface area contributed by atoms with Crippen LogP contribution in [0.1, 0.15) is 64.4 Å². The molecule has 106 valence electrons. The predicted molar refractivity (Wildman–Crippen MR) is 76.0 cm³/mol. The summed E-state index contributed by atoms with van der Waals surface area (Å²) >= 11 is 0. The van der Waals surface area contributed by atoms with Crippen LogP contribution in [0.4, 0.5) is 0 Å². The molecule has 1 atom stereocenters. The van der Waals surface area contributed by atoms with Crippen LogP contribution in [0.15, 0.2) is 12.1 Å². The quantitative estimate of drug-likeness (QED) is 0.796. The Kier molecular flexibility index (Phi) is 3.93. The molecule has 1 aliphatic carbocycles. The molecular weight excluding hydrogens is 240 g/mol. The maximum atomic E-state index is 9.98. The lowest BCUT2D eigenvalue weighted by atomic mass is 9.97. The Balaban J connectivity index is 2.30. The van der Waals surface area contributed by atoms with E-state index in [4.69, 9.17) is 4.74 Å². The standard InChI is InChI=1S/C16H24O3/c1-4-11(2)12-9-13(17)15(18)14(10-12)19-16(3)7-5-6-8-16/h9-11,17-18H,4-8H2,1-3H3. The van der Waals surface area contributed by atoms with Crippen LogP contribution in [0.2, 0.25) is 0 Å². The first-order valence-electron chi connectivity index (χ1n) is 7.20. The number of ether oxygens (including phenoxy) is 1. The Hall–Kier alpha value is -1.38. The van der Waals surface area contributed by atoms with Crippen molar-refractivity contribution >= 4 is 0 Å². The smallest absolute Gasteiger partial charge is 0.200 e. The van der Waals surface area contributed by atoms with Crippen LogP contribution in [-0.4, -0.2) is 15.8 Å². The van der Waals surface area contributed by atoms with Crippen LogP contribution >= 0.6 is 0 Å². The van der Waals surface area contributed by atoms with Gasteiger partial charge in [0.25, 0.3) is 0 Å². The monoisotopic (exact) mass is 264 g/mol. The summed E-state index contributed by atoms with van der Waals surface area (Å²) in [5, 5.41) is 19.8. The molecule has 3 nitrogen and oxygen atoms in total. The van der Waals surface area contributed by atoms with Gasteiger partial charge in [0.15, 0.2) is 11.5 Å². The van der Waals surface area contributed by atoms with Crippen LogP contribution in [0.5, 0.6) is 17.2 Å². The third-order valence-electron chi connectivity index (χ3n) is 4.28. The van der Waals surface area contributed by atoms with E-state index < -0.39 is 0 Å². The molecule has 1 aliphatic rings. The zero-order valence-corrected chi connectivity index (χ0v) is 12.1. The lowest BCUT2D eigenvalue weighted by Crippen LogP contribution is -2.28. The van der Waals surface area contributed by atoms with Crippen LogP contribution in [0, 0.1) is 0 Å². The van der Waals surface area contributed by atoms with Gasteiger partial charge in [0.05, 0.1) is 0 Å². The van der Waals surface area contributed by atoms with E-state index in [9.17, 15) is 10.2 Å². The molecule has 1 fully saturated rings. The second kappa shape index (κ2) is 5.32. The average molecular weight is 264 g/mol. The average Bonchev–Trinajstić information content (AvgIpc) is 2.80. The third kappa shape index (κ3) is 2.96. The van der Waals surface area contributed by atoms with Gasteiger partial charge in [-0.3, -0.25) is 0 Å². The minimum absolute atomic E-state index is 0.0885. The topological polar surface area (TPSA) is 49.7 Å². The summed E-state index contributed by atoms with van der Waals surface area (Å²) in [6.45, 7) is 6.28. The van der Waals surface area contributed by atoms with E-state index in [0.717, 1.165) is 37.7 Å². The Morgan fingerprint density at radius 1 is 1.26 bits per heavy atom. The fraction of sp³-hybridized carbons (Fsp3) is 0.625. The molecule has 0 aromatic heterocycles. The van der Waals surface area contributed by atoms with Crippen LogP contribution < -0.4 is 4.74 Å². The van der Waals surface area contributed by atoms with E-state index in [1.165, 1.54) is 0 Å². The van der Waals surface area contributed by atoms with Gasteiger partial charge in [0.1, 0.15) is 5.60 Å². The van der Waals surface area contributed by atoms with Crippen LogP contribution in [-0.2, 0) is 0 Å². The van der Waals surface area contributed by atoms with Gasteiger partial charge in [0, 0.05) is 0 Å². The molecule has 0 spiro atoms. The van der Waals surface area contributed by atoms with Gasteiger partial charge in [-0.25, -0.2) is 0 Å². The number of hydrogen-bond donors (Lipinski definition) is 2. The largest absolute Gasteiger partial charge is 0.504 e. The first-order valence-corrected chi connectivity index (χ1v) is 7.20. The molecular formula is C16H24O3. The molecule has 19 heavy (non-hydrogen) atoms. The SMILES string of the molecule is CCC(C)c1cc(O)c(O)c(OC2(C)CCCC2)c1. The molecule has 0 bridgehead atoms. The van der Waals surface area contributed by atoms with Crippen molar-refractivity contribution in [3.63, 3.8) is 0 Å². The van der Waals surface area contributed by atoms with Gasteiger partial charge in [0.2, 0.25) is 5.75 Å². The Morgan fingerprint density at radius 3 is 2.47 bits per heavy atom. The summed E-state index contributed by atoms with van der Waals surface area (Å²) in [6.07, 6.45) is 5.31. The van der Waals surface area contributed by atoms with Crippen molar-refractivity contribution < 1.29 is 14.9 Å². The van der Waals surface area contributed by atoms with Gasteiger partial charge in [-0.15, -0.1) is 0 Å². The summed E-state index contributed by atoms with van der Waals surface area (Å²) in [6, 6.07) is 3.50. The van der Waals surface area contributed by atoms with E-state index in [0.29, 0.717) is 11.7 Å². The predicted octanol–water partition coefficient (Wildman–Crippen LogP) is 4.32. The van der Waals surface area contributed by atoms with E-state index in [2.05, 4.69) is 20.8 Å². The number of phenols is 2. The third-order valence-corrected chi connectivity index (χ3v) is 4.28. The summed E-state index contributed by atoms with van der Waals surface area (Å²) in [5.41, 5.74) is 0.798. The van der Waals surface area contributed by atoms with Crippen molar-refractivity contribution in [2.24, 2.45) is 0 Å². The molecule has 0 amide bonds. The van der Waals surface area contributed by atoms with Gasteiger partial charge < -0.3 is 14.9 Å².